The fraction of sp³-hybridized carbons (Fsp3) is 0. The monoisotopic (exact) mass is 352 g/mol. The van der Waals surface area contributed by atoms with Crippen molar-refractivity contribution in [1.29, 1.82) is 0 Å². The zero-order valence-electron chi connectivity index (χ0n) is 13.5. The highest BCUT2D eigenvalue weighted by molar-refractivity contribution is 6.13. The Morgan fingerprint density at radius 2 is 1.00 bits per heavy atom. The molecule has 6 heteroatoms. The van der Waals surface area contributed by atoms with Crippen molar-refractivity contribution in [3.05, 3.63) is 94.6 Å². The van der Waals surface area contributed by atoms with Crippen molar-refractivity contribution in [3.63, 3.8) is 0 Å². The number of ketones is 2. The Morgan fingerprint density at radius 3 is 1.38 bits per heavy atom. The summed E-state index contributed by atoms with van der Waals surface area (Å²) in [5, 5.41) is 0. The smallest absolute Gasteiger partial charge is 0.193 e. The molecule has 0 aliphatic rings. The minimum atomic E-state index is -0.612. The highest BCUT2D eigenvalue weighted by Crippen LogP contribution is 2.20. The van der Waals surface area contributed by atoms with Gasteiger partial charge in [-0.15, -0.1) is 0 Å². The molecule has 0 aromatic heterocycles. The fourth-order valence-corrected chi connectivity index (χ4v) is 2.50. The van der Waals surface area contributed by atoms with Crippen molar-refractivity contribution in [2.45, 2.75) is 0 Å². The van der Waals surface area contributed by atoms with Gasteiger partial charge in [-0.1, -0.05) is 18.2 Å². The van der Waals surface area contributed by atoms with E-state index in [0.717, 1.165) is 12.1 Å². The molecule has 4 nitrogen and oxygen atoms in total. The topological polar surface area (TPSA) is 86.2 Å². The van der Waals surface area contributed by atoms with Gasteiger partial charge in [0.25, 0.3) is 0 Å². The summed E-state index contributed by atoms with van der Waals surface area (Å²) in [5.41, 5.74) is 11.6. The quantitative estimate of drug-likeness (QED) is 0.555. The van der Waals surface area contributed by atoms with E-state index in [2.05, 4.69) is 0 Å². The lowest BCUT2D eigenvalue weighted by Gasteiger charge is -2.07. The summed E-state index contributed by atoms with van der Waals surface area (Å²) in [6.45, 7) is 0. The van der Waals surface area contributed by atoms with E-state index in [-0.39, 0.29) is 33.6 Å². The molecule has 3 aromatic carbocycles. The van der Waals surface area contributed by atoms with E-state index in [0.29, 0.717) is 0 Å². The largest absolute Gasteiger partial charge is 0.396 e. The molecule has 0 unspecified atom stereocenters. The summed E-state index contributed by atoms with van der Waals surface area (Å²) in [7, 11) is 0. The minimum absolute atomic E-state index is 0.134. The molecule has 0 spiro atoms. The van der Waals surface area contributed by atoms with Crippen LogP contribution in [0, 0.1) is 11.6 Å². The molecule has 4 N–H and O–H groups in total. The Kier molecular flexibility index (Phi) is 4.49. The van der Waals surface area contributed by atoms with Gasteiger partial charge in [0, 0.05) is 22.3 Å². The van der Waals surface area contributed by atoms with Crippen molar-refractivity contribution in [2.24, 2.45) is 0 Å². The SMILES string of the molecule is Nc1cc(C(=O)c2cccc(C(=O)c3ccc(F)c(N)c3)c2)ccc1F. The van der Waals surface area contributed by atoms with Crippen LogP contribution in [-0.2, 0) is 0 Å². The van der Waals surface area contributed by atoms with Crippen LogP contribution in [0.1, 0.15) is 31.8 Å². The Bertz CT molecular complexity index is 953. The van der Waals surface area contributed by atoms with Crippen LogP contribution in [0.2, 0.25) is 0 Å². The number of nitrogens with two attached hydrogens (primary N) is 2. The van der Waals surface area contributed by atoms with Crippen LogP contribution in [0.3, 0.4) is 0 Å². The second-order valence-corrected chi connectivity index (χ2v) is 5.71. The molecule has 26 heavy (non-hydrogen) atoms. The number of carbonyl (C=O) groups excluding carboxylic acids is 2. The van der Waals surface area contributed by atoms with E-state index >= 15 is 0 Å². The first-order valence-electron chi connectivity index (χ1n) is 7.66. The normalized spacial score (nSPS) is 10.5. The van der Waals surface area contributed by atoms with Gasteiger partial charge < -0.3 is 11.5 Å². The van der Waals surface area contributed by atoms with E-state index in [4.69, 9.17) is 11.5 Å². The van der Waals surface area contributed by atoms with Gasteiger partial charge >= 0.3 is 0 Å². The Labute approximate surface area is 148 Å². The summed E-state index contributed by atoms with van der Waals surface area (Å²) < 4.78 is 26.5. The lowest BCUT2D eigenvalue weighted by molar-refractivity contribution is 0.103. The first kappa shape index (κ1) is 17.3. The number of carbonyl (C=O) groups is 2. The third kappa shape index (κ3) is 3.30. The fourth-order valence-electron chi connectivity index (χ4n) is 2.50. The van der Waals surface area contributed by atoms with Crippen LogP contribution < -0.4 is 11.5 Å². The van der Waals surface area contributed by atoms with Crippen LogP contribution in [-0.4, -0.2) is 11.6 Å². The molecular weight excluding hydrogens is 338 g/mol. The number of rotatable bonds is 4. The van der Waals surface area contributed by atoms with Crippen LogP contribution in [0.4, 0.5) is 20.2 Å². The first-order chi connectivity index (χ1) is 12.4. The summed E-state index contributed by atoms with van der Waals surface area (Å²) in [6, 6.07) is 13.4. The van der Waals surface area contributed by atoms with Gasteiger partial charge in [0.05, 0.1) is 11.4 Å². The zero-order chi connectivity index (χ0) is 18.8. The Morgan fingerprint density at radius 1 is 0.615 bits per heavy atom. The number of hydrogen-bond donors (Lipinski definition) is 2. The third-order valence-electron chi connectivity index (χ3n) is 3.90. The highest BCUT2D eigenvalue weighted by Gasteiger charge is 2.15. The maximum Gasteiger partial charge on any atom is 0.193 e. The standard InChI is InChI=1S/C20H14F2N2O2/c21-15-6-4-13(9-17(15)23)19(25)11-2-1-3-12(8-11)20(26)14-5-7-16(22)18(24)10-14/h1-10H,23-24H2. The van der Waals surface area contributed by atoms with Crippen molar-refractivity contribution < 1.29 is 18.4 Å². The molecule has 0 amide bonds. The van der Waals surface area contributed by atoms with E-state index in [1.165, 1.54) is 42.5 Å². The average Bonchev–Trinajstić information content (AvgIpc) is 2.65. The molecule has 0 radical (unpaired) electrons. The van der Waals surface area contributed by atoms with Crippen molar-refractivity contribution in [3.8, 4) is 0 Å². The maximum absolute atomic E-state index is 13.3. The van der Waals surface area contributed by atoms with Gasteiger partial charge in [0.1, 0.15) is 11.6 Å². The summed E-state index contributed by atoms with van der Waals surface area (Å²) in [4.78, 5) is 25.1. The van der Waals surface area contributed by atoms with E-state index < -0.39 is 23.2 Å². The lowest BCUT2D eigenvalue weighted by Crippen LogP contribution is -2.07. The molecule has 0 saturated carbocycles. The second-order valence-electron chi connectivity index (χ2n) is 5.71. The molecule has 0 saturated heterocycles. The van der Waals surface area contributed by atoms with Gasteiger partial charge in [-0.25, -0.2) is 8.78 Å². The number of anilines is 2. The highest BCUT2D eigenvalue weighted by atomic mass is 19.1. The lowest BCUT2D eigenvalue weighted by atomic mass is 9.97. The van der Waals surface area contributed by atoms with Gasteiger partial charge in [0.2, 0.25) is 0 Å². The molecule has 3 rings (SSSR count). The van der Waals surface area contributed by atoms with Crippen molar-refractivity contribution in [2.75, 3.05) is 11.5 Å². The van der Waals surface area contributed by atoms with Gasteiger partial charge in [-0.2, -0.15) is 0 Å². The van der Waals surface area contributed by atoms with E-state index in [1.807, 2.05) is 0 Å². The van der Waals surface area contributed by atoms with Crippen molar-refractivity contribution in [1.82, 2.24) is 0 Å². The zero-order valence-corrected chi connectivity index (χ0v) is 13.5. The van der Waals surface area contributed by atoms with E-state index in [1.54, 1.807) is 6.07 Å². The Balaban J connectivity index is 1.94. The number of halogens is 2. The van der Waals surface area contributed by atoms with Crippen LogP contribution in [0.15, 0.2) is 60.7 Å². The summed E-state index contributed by atoms with van der Waals surface area (Å²) in [6.07, 6.45) is 0. The van der Waals surface area contributed by atoms with E-state index in [9.17, 15) is 18.4 Å². The molecular formula is C20H14F2N2O2. The molecule has 0 aliphatic carbocycles. The first-order valence-corrected chi connectivity index (χ1v) is 7.66. The molecule has 3 aromatic rings. The molecule has 0 aliphatic heterocycles. The predicted molar refractivity (Wildman–Crippen MR) is 94.9 cm³/mol. The molecule has 0 atom stereocenters. The van der Waals surface area contributed by atoms with Crippen LogP contribution in [0.25, 0.3) is 0 Å². The van der Waals surface area contributed by atoms with Gasteiger partial charge in [-0.05, 0) is 42.5 Å². The third-order valence-corrected chi connectivity index (χ3v) is 3.90. The van der Waals surface area contributed by atoms with Crippen molar-refractivity contribution >= 4 is 22.9 Å². The average molecular weight is 352 g/mol. The minimum Gasteiger partial charge on any atom is -0.396 e. The number of nitrogen functional groups attached to an aromatic ring is 2. The van der Waals surface area contributed by atoms with Gasteiger partial charge in [0.15, 0.2) is 11.6 Å². The summed E-state index contributed by atoms with van der Waals surface area (Å²) >= 11 is 0. The Hall–Kier alpha value is -3.54. The number of hydrogen-bond acceptors (Lipinski definition) is 4. The van der Waals surface area contributed by atoms with Crippen LogP contribution >= 0.6 is 0 Å². The summed E-state index contributed by atoms with van der Waals surface area (Å²) in [5.74, 6) is -2.02. The predicted octanol–water partition coefficient (Wildman–Crippen LogP) is 3.59. The second kappa shape index (κ2) is 6.76. The van der Waals surface area contributed by atoms with Gasteiger partial charge in [-0.3, -0.25) is 9.59 Å². The molecule has 0 fully saturated rings. The molecule has 0 bridgehead atoms. The maximum atomic E-state index is 13.3. The number of benzene rings is 3. The van der Waals surface area contributed by atoms with Crippen LogP contribution in [0.5, 0.6) is 0 Å². The molecule has 0 heterocycles. The molecule has 130 valence electrons.